The predicted molar refractivity (Wildman–Crippen MR) is 121 cm³/mol. The molecule has 1 aliphatic heterocycles. The number of benzene rings is 1. The average Bonchev–Trinajstić information content (AvgIpc) is 3.03. The maximum absolute atomic E-state index is 12.5. The molecule has 1 aliphatic rings. The molecule has 0 saturated carbocycles. The lowest BCUT2D eigenvalue weighted by molar-refractivity contribution is 0.0255. The van der Waals surface area contributed by atoms with Crippen molar-refractivity contribution in [1.29, 1.82) is 0 Å². The van der Waals surface area contributed by atoms with Gasteiger partial charge in [0, 0.05) is 36.6 Å². The van der Waals surface area contributed by atoms with Gasteiger partial charge in [0.25, 0.3) is 0 Å². The van der Waals surface area contributed by atoms with Gasteiger partial charge in [0.15, 0.2) is 0 Å². The van der Waals surface area contributed by atoms with E-state index in [2.05, 4.69) is 11.8 Å². The second-order valence-electron chi connectivity index (χ2n) is 8.24. The van der Waals surface area contributed by atoms with Gasteiger partial charge in [-0.15, -0.1) is 11.3 Å². The van der Waals surface area contributed by atoms with Gasteiger partial charge in [-0.3, -0.25) is 0 Å². The molecule has 1 saturated heterocycles. The van der Waals surface area contributed by atoms with Crippen molar-refractivity contribution in [3.05, 3.63) is 57.8 Å². The molecule has 164 valence electrons. The number of amides is 2. The average molecular weight is 441 g/mol. The first-order valence-electron chi connectivity index (χ1n) is 10.4. The second kappa shape index (κ2) is 10.4. The Balaban J connectivity index is 1.47. The van der Waals surface area contributed by atoms with Crippen LogP contribution in [0.1, 0.15) is 42.5 Å². The number of rotatable bonds is 2. The minimum Gasteiger partial charge on any atom is -0.444 e. The minimum absolute atomic E-state index is 0.211. The van der Waals surface area contributed by atoms with E-state index in [1.54, 1.807) is 9.80 Å². The highest BCUT2D eigenvalue weighted by Crippen LogP contribution is 2.18. The van der Waals surface area contributed by atoms with Gasteiger partial charge in [-0.25, -0.2) is 9.59 Å². The third-order valence-corrected chi connectivity index (χ3v) is 5.48. The Morgan fingerprint density at radius 2 is 1.61 bits per heavy atom. The SMILES string of the molecule is CC(C)(C)OC(=O)N1CCCN(C(=O)OCc2ccc(C#Cc3ccccc3)s2)CC1. The molecule has 0 radical (unpaired) electrons. The van der Waals surface area contributed by atoms with Gasteiger partial charge in [0.05, 0.1) is 4.88 Å². The molecule has 0 spiro atoms. The summed E-state index contributed by atoms with van der Waals surface area (Å²) in [6.45, 7) is 7.71. The molecule has 7 heteroatoms. The van der Waals surface area contributed by atoms with E-state index in [0.717, 1.165) is 15.3 Å². The van der Waals surface area contributed by atoms with E-state index >= 15 is 0 Å². The maximum atomic E-state index is 12.5. The molecule has 0 aliphatic carbocycles. The number of nitrogens with zero attached hydrogens (tertiary/aromatic N) is 2. The molecule has 0 N–H and O–H groups in total. The molecule has 3 rings (SSSR count). The van der Waals surface area contributed by atoms with Crippen LogP contribution in [0.25, 0.3) is 0 Å². The molecule has 2 amide bonds. The highest BCUT2D eigenvalue weighted by molar-refractivity contribution is 7.12. The van der Waals surface area contributed by atoms with Gasteiger partial charge in [0.1, 0.15) is 12.2 Å². The Hall–Kier alpha value is -2.98. The summed E-state index contributed by atoms with van der Waals surface area (Å²) in [7, 11) is 0. The smallest absolute Gasteiger partial charge is 0.410 e. The number of hydrogen-bond acceptors (Lipinski definition) is 5. The molecule has 0 bridgehead atoms. The lowest BCUT2D eigenvalue weighted by atomic mass is 10.2. The van der Waals surface area contributed by atoms with E-state index in [1.807, 2.05) is 63.2 Å². The van der Waals surface area contributed by atoms with E-state index < -0.39 is 5.60 Å². The van der Waals surface area contributed by atoms with Gasteiger partial charge in [-0.2, -0.15) is 0 Å². The largest absolute Gasteiger partial charge is 0.444 e. The quantitative estimate of drug-likeness (QED) is 0.634. The van der Waals surface area contributed by atoms with Crippen molar-refractivity contribution in [2.24, 2.45) is 0 Å². The van der Waals surface area contributed by atoms with Gasteiger partial charge >= 0.3 is 12.2 Å². The van der Waals surface area contributed by atoms with Gasteiger partial charge in [0.2, 0.25) is 0 Å². The van der Waals surface area contributed by atoms with Crippen molar-refractivity contribution < 1.29 is 19.1 Å². The molecule has 1 aromatic carbocycles. The van der Waals surface area contributed by atoms with Crippen LogP contribution in [0.5, 0.6) is 0 Å². The van der Waals surface area contributed by atoms with Crippen LogP contribution < -0.4 is 0 Å². The first-order valence-corrected chi connectivity index (χ1v) is 11.2. The van der Waals surface area contributed by atoms with Crippen LogP contribution in [-0.4, -0.2) is 53.8 Å². The highest BCUT2D eigenvalue weighted by Gasteiger charge is 2.26. The molecule has 6 nitrogen and oxygen atoms in total. The number of hydrogen-bond donors (Lipinski definition) is 0. The first-order chi connectivity index (χ1) is 14.8. The van der Waals surface area contributed by atoms with Crippen molar-refractivity contribution in [1.82, 2.24) is 9.80 Å². The van der Waals surface area contributed by atoms with Crippen LogP contribution >= 0.6 is 11.3 Å². The molecule has 1 fully saturated rings. The fraction of sp³-hybridized carbons (Fsp3) is 0.417. The third-order valence-electron chi connectivity index (χ3n) is 4.51. The molecule has 2 aromatic rings. The van der Waals surface area contributed by atoms with Crippen molar-refractivity contribution in [3.8, 4) is 11.8 Å². The summed E-state index contributed by atoms with van der Waals surface area (Å²) in [6.07, 6.45) is -0.0196. The number of thiophene rings is 1. The summed E-state index contributed by atoms with van der Waals surface area (Å²) >= 11 is 1.52. The Labute approximate surface area is 187 Å². The molecule has 2 heterocycles. The molecular formula is C24H28N2O4S. The molecule has 0 atom stereocenters. The van der Waals surface area contributed by atoms with Gasteiger partial charge in [-0.05, 0) is 51.5 Å². The van der Waals surface area contributed by atoms with E-state index in [1.165, 1.54) is 11.3 Å². The lowest BCUT2D eigenvalue weighted by Gasteiger charge is -2.26. The van der Waals surface area contributed by atoms with Crippen molar-refractivity contribution in [2.75, 3.05) is 26.2 Å². The zero-order valence-corrected chi connectivity index (χ0v) is 19.0. The Morgan fingerprint density at radius 1 is 0.935 bits per heavy atom. The molecule has 0 unspecified atom stereocenters. The van der Waals surface area contributed by atoms with Crippen molar-refractivity contribution in [2.45, 2.75) is 39.4 Å². The summed E-state index contributed by atoms with van der Waals surface area (Å²) < 4.78 is 10.9. The van der Waals surface area contributed by atoms with Crippen molar-refractivity contribution >= 4 is 23.5 Å². The predicted octanol–water partition coefficient (Wildman–Crippen LogP) is 4.73. The Kier molecular flexibility index (Phi) is 7.59. The van der Waals surface area contributed by atoms with Crippen LogP contribution in [0.3, 0.4) is 0 Å². The lowest BCUT2D eigenvalue weighted by Crippen LogP contribution is -2.40. The molecule has 31 heavy (non-hydrogen) atoms. The van der Waals surface area contributed by atoms with Gasteiger partial charge < -0.3 is 19.3 Å². The normalized spacial score (nSPS) is 14.3. The summed E-state index contributed by atoms with van der Waals surface area (Å²) in [6, 6.07) is 13.7. The Morgan fingerprint density at radius 3 is 2.29 bits per heavy atom. The highest BCUT2D eigenvalue weighted by atomic mass is 32.1. The second-order valence-corrected chi connectivity index (χ2v) is 9.41. The van der Waals surface area contributed by atoms with Crippen LogP contribution in [0, 0.1) is 11.8 Å². The number of ether oxygens (including phenoxy) is 2. The van der Waals surface area contributed by atoms with E-state index in [4.69, 9.17) is 9.47 Å². The van der Waals surface area contributed by atoms with Crippen molar-refractivity contribution in [3.63, 3.8) is 0 Å². The fourth-order valence-corrected chi connectivity index (χ4v) is 3.79. The van der Waals surface area contributed by atoms with Crippen LogP contribution in [0.4, 0.5) is 9.59 Å². The van der Waals surface area contributed by atoms with E-state index in [-0.39, 0.29) is 18.8 Å². The fourth-order valence-electron chi connectivity index (χ4n) is 3.01. The summed E-state index contributed by atoms with van der Waals surface area (Å²) in [5.74, 6) is 6.27. The number of carbonyl (C=O) groups is 2. The van der Waals surface area contributed by atoms with Crippen LogP contribution in [-0.2, 0) is 16.1 Å². The first kappa shape index (κ1) is 22.7. The van der Waals surface area contributed by atoms with E-state index in [0.29, 0.717) is 32.6 Å². The molecular weight excluding hydrogens is 412 g/mol. The standard InChI is InChI=1S/C24H28N2O4S/c1-24(2,3)30-23(28)26-15-7-14-25(16-17-26)22(27)29-18-21-13-12-20(31-21)11-10-19-8-5-4-6-9-19/h4-6,8-9,12-13H,7,14-18H2,1-3H3. The number of carbonyl (C=O) groups excluding carboxylic acids is 2. The summed E-state index contributed by atoms with van der Waals surface area (Å²) in [4.78, 5) is 29.9. The third kappa shape index (κ3) is 7.34. The Bertz CT molecular complexity index is 953. The molecule has 1 aromatic heterocycles. The topological polar surface area (TPSA) is 59.1 Å². The van der Waals surface area contributed by atoms with Gasteiger partial charge in [-0.1, -0.05) is 30.0 Å². The maximum Gasteiger partial charge on any atom is 0.410 e. The van der Waals surface area contributed by atoms with Crippen LogP contribution in [0.2, 0.25) is 0 Å². The monoisotopic (exact) mass is 440 g/mol. The summed E-state index contributed by atoms with van der Waals surface area (Å²) in [5, 5.41) is 0. The zero-order valence-electron chi connectivity index (χ0n) is 18.2. The minimum atomic E-state index is -0.535. The zero-order chi connectivity index (χ0) is 22.3. The van der Waals surface area contributed by atoms with Crippen LogP contribution in [0.15, 0.2) is 42.5 Å². The van der Waals surface area contributed by atoms with E-state index in [9.17, 15) is 9.59 Å². The summed E-state index contributed by atoms with van der Waals surface area (Å²) in [5.41, 5.74) is 0.429.